The van der Waals surface area contributed by atoms with E-state index in [1.54, 1.807) is 6.92 Å². The minimum atomic E-state index is -5.95. The van der Waals surface area contributed by atoms with Gasteiger partial charge >= 0.3 is 23.8 Å². The van der Waals surface area contributed by atoms with E-state index >= 15 is 0 Å². The number of alkyl halides is 7. The van der Waals surface area contributed by atoms with Crippen molar-refractivity contribution >= 4 is 0 Å². The molecule has 1 rings (SSSR count). The van der Waals surface area contributed by atoms with Crippen molar-refractivity contribution < 1.29 is 45.3 Å². The molecule has 0 aromatic carbocycles. The summed E-state index contributed by atoms with van der Waals surface area (Å²) in [6, 6.07) is 0. The van der Waals surface area contributed by atoms with Crippen LogP contribution in [0.1, 0.15) is 20.3 Å². The number of hydrogen-bond donors (Lipinski definition) is 1. The van der Waals surface area contributed by atoms with Crippen molar-refractivity contribution in [2.75, 3.05) is 13.2 Å². The second-order valence-corrected chi connectivity index (χ2v) is 5.04. The van der Waals surface area contributed by atoms with Crippen molar-refractivity contribution in [2.45, 2.75) is 50.2 Å². The Kier molecular flexibility index (Phi) is 4.87. The molecule has 0 aromatic heterocycles. The molecule has 1 aliphatic heterocycles. The summed E-state index contributed by atoms with van der Waals surface area (Å²) in [4.78, 5) is 0. The molecule has 3 atom stereocenters. The van der Waals surface area contributed by atoms with E-state index in [-0.39, 0.29) is 0 Å². The Morgan fingerprint density at radius 2 is 1.81 bits per heavy atom. The van der Waals surface area contributed by atoms with E-state index in [4.69, 9.17) is 5.11 Å². The molecule has 3 nitrogen and oxygen atoms in total. The summed E-state index contributed by atoms with van der Waals surface area (Å²) >= 11 is 0. The first-order valence-electron chi connectivity index (χ1n) is 6.10. The summed E-state index contributed by atoms with van der Waals surface area (Å²) in [6.07, 6.45) is -8.99. The van der Waals surface area contributed by atoms with Crippen molar-refractivity contribution in [3.8, 4) is 0 Å². The minimum absolute atomic E-state index is 0.393. The molecule has 0 bridgehead atoms. The Labute approximate surface area is 116 Å². The third kappa shape index (κ3) is 3.11. The van der Waals surface area contributed by atoms with Crippen LogP contribution in [0, 0.1) is 5.92 Å². The molecule has 0 aliphatic carbocycles. The van der Waals surface area contributed by atoms with Gasteiger partial charge in [-0.15, -0.1) is 0 Å². The second kappa shape index (κ2) is 5.54. The van der Waals surface area contributed by atoms with Crippen LogP contribution < -0.4 is 0 Å². The Bertz CT molecular complexity index is 371. The van der Waals surface area contributed by atoms with Crippen LogP contribution in [0.4, 0.5) is 30.7 Å². The first-order chi connectivity index (χ1) is 9.29. The van der Waals surface area contributed by atoms with Gasteiger partial charge in [-0.25, -0.2) is 8.78 Å². The zero-order chi connectivity index (χ0) is 16.7. The fraction of sp³-hybridized carbons (Fsp3) is 1.00. The number of ether oxygens (including phenoxy) is 2. The molecule has 1 aliphatic rings. The summed E-state index contributed by atoms with van der Waals surface area (Å²) in [5.74, 6) is -15.2. The van der Waals surface area contributed by atoms with Gasteiger partial charge in [-0.2, -0.15) is 22.0 Å². The lowest BCUT2D eigenvalue weighted by molar-refractivity contribution is -0.483. The van der Waals surface area contributed by atoms with Crippen molar-refractivity contribution in [3.63, 3.8) is 0 Å². The lowest BCUT2D eigenvalue weighted by Gasteiger charge is -2.46. The third-order valence-corrected chi connectivity index (χ3v) is 3.27. The zero-order valence-corrected chi connectivity index (χ0v) is 11.2. The Balaban J connectivity index is 3.10. The largest absolute Gasteiger partial charge is 0.449 e. The highest BCUT2D eigenvalue weighted by molar-refractivity contribution is 5.06. The molecule has 1 heterocycles. The molecule has 0 saturated carbocycles. The highest BCUT2D eigenvalue weighted by atomic mass is 19.4. The van der Waals surface area contributed by atoms with Crippen LogP contribution in [0.3, 0.4) is 0 Å². The van der Waals surface area contributed by atoms with Crippen molar-refractivity contribution in [1.29, 1.82) is 0 Å². The van der Waals surface area contributed by atoms with Crippen LogP contribution in [0.5, 0.6) is 0 Å². The number of rotatable bonds is 4. The molecule has 21 heavy (non-hydrogen) atoms. The van der Waals surface area contributed by atoms with Crippen molar-refractivity contribution in [1.82, 2.24) is 0 Å². The van der Waals surface area contributed by atoms with Gasteiger partial charge in [0.05, 0.1) is 6.61 Å². The molecule has 10 heteroatoms. The molecule has 0 radical (unpaired) electrons. The fourth-order valence-electron chi connectivity index (χ4n) is 1.69. The summed E-state index contributed by atoms with van der Waals surface area (Å²) in [5.41, 5.74) is 0. The Hall–Kier alpha value is -0.610. The van der Waals surface area contributed by atoms with Gasteiger partial charge in [-0.3, -0.25) is 0 Å². The van der Waals surface area contributed by atoms with Crippen LogP contribution >= 0.6 is 0 Å². The summed E-state index contributed by atoms with van der Waals surface area (Å²) in [6.45, 7) is 0.496. The SMILES string of the molecule is CCC(C)COC1C(F)(F)COC(O)(C(F)(F)F)C1(F)F. The molecule has 1 fully saturated rings. The number of hydrogen-bond acceptors (Lipinski definition) is 3. The topological polar surface area (TPSA) is 38.7 Å². The molecule has 0 amide bonds. The molecule has 1 saturated heterocycles. The van der Waals surface area contributed by atoms with E-state index in [1.165, 1.54) is 6.92 Å². The van der Waals surface area contributed by atoms with Crippen LogP contribution in [0.15, 0.2) is 0 Å². The van der Waals surface area contributed by atoms with Gasteiger partial charge in [-0.1, -0.05) is 20.3 Å². The van der Waals surface area contributed by atoms with Crippen molar-refractivity contribution in [3.05, 3.63) is 0 Å². The minimum Gasteiger partial charge on any atom is -0.365 e. The van der Waals surface area contributed by atoms with Crippen LogP contribution in [0.2, 0.25) is 0 Å². The monoisotopic (exact) mass is 328 g/mol. The molecule has 1 N–H and O–H groups in total. The molecule has 0 spiro atoms. The molecule has 3 unspecified atom stereocenters. The van der Waals surface area contributed by atoms with Gasteiger partial charge in [0.25, 0.3) is 0 Å². The predicted molar refractivity (Wildman–Crippen MR) is 56.0 cm³/mol. The summed E-state index contributed by atoms with van der Waals surface area (Å²) in [7, 11) is 0. The average Bonchev–Trinajstić information content (AvgIpc) is 2.32. The van der Waals surface area contributed by atoms with E-state index < -0.39 is 49.0 Å². The molecular formula is C11H15F7O3. The van der Waals surface area contributed by atoms with Gasteiger partial charge in [0.15, 0.2) is 6.10 Å². The van der Waals surface area contributed by atoms with E-state index in [1.807, 2.05) is 0 Å². The smallest absolute Gasteiger partial charge is 0.365 e. The predicted octanol–water partition coefficient (Wildman–Crippen LogP) is 2.97. The normalized spacial score (nSPS) is 33.7. The zero-order valence-electron chi connectivity index (χ0n) is 11.2. The standard InChI is InChI=1S/C11H15F7O3/c1-3-6(2)4-20-7-8(12,13)5-21-10(19,9(7,14)15)11(16,17)18/h6-7,19H,3-5H2,1-2H3. The number of halogens is 7. The maximum atomic E-state index is 13.8. The highest BCUT2D eigenvalue weighted by Crippen LogP contribution is 2.52. The van der Waals surface area contributed by atoms with Gasteiger partial charge in [0.1, 0.15) is 6.61 Å². The molecule has 126 valence electrons. The van der Waals surface area contributed by atoms with Crippen LogP contribution in [0.25, 0.3) is 0 Å². The van der Waals surface area contributed by atoms with E-state index in [2.05, 4.69) is 9.47 Å². The lowest BCUT2D eigenvalue weighted by Crippen LogP contribution is -2.73. The number of aliphatic hydroxyl groups is 1. The van der Waals surface area contributed by atoms with E-state index in [9.17, 15) is 30.7 Å². The first-order valence-corrected chi connectivity index (χ1v) is 6.10. The van der Waals surface area contributed by atoms with Crippen LogP contribution in [-0.2, 0) is 9.47 Å². The quantitative estimate of drug-likeness (QED) is 0.807. The molecule has 0 aromatic rings. The third-order valence-electron chi connectivity index (χ3n) is 3.27. The summed E-state index contributed by atoms with van der Waals surface area (Å²) in [5, 5.41) is 9.05. The first kappa shape index (κ1) is 18.4. The van der Waals surface area contributed by atoms with Gasteiger partial charge in [-0.05, 0) is 5.92 Å². The Morgan fingerprint density at radius 1 is 1.29 bits per heavy atom. The fourth-order valence-corrected chi connectivity index (χ4v) is 1.69. The average molecular weight is 328 g/mol. The second-order valence-electron chi connectivity index (χ2n) is 5.04. The van der Waals surface area contributed by atoms with Crippen LogP contribution in [-0.4, -0.2) is 48.2 Å². The Morgan fingerprint density at radius 3 is 2.24 bits per heavy atom. The van der Waals surface area contributed by atoms with Gasteiger partial charge in [0, 0.05) is 0 Å². The highest BCUT2D eigenvalue weighted by Gasteiger charge is 2.80. The van der Waals surface area contributed by atoms with Gasteiger partial charge in [0.2, 0.25) is 0 Å². The lowest BCUT2D eigenvalue weighted by atomic mass is 9.94. The summed E-state index contributed by atoms with van der Waals surface area (Å²) < 4.78 is 99.8. The maximum absolute atomic E-state index is 13.8. The van der Waals surface area contributed by atoms with Crippen molar-refractivity contribution in [2.24, 2.45) is 5.92 Å². The maximum Gasteiger partial charge on any atom is 0.449 e. The van der Waals surface area contributed by atoms with E-state index in [0.717, 1.165) is 0 Å². The van der Waals surface area contributed by atoms with E-state index in [0.29, 0.717) is 6.42 Å². The molecular weight excluding hydrogens is 313 g/mol. The van der Waals surface area contributed by atoms with Gasteiger partial charge < -0.3 is 14.6 Å².